The summed E-state index contributed by atoms with van der Waals surface area (Å²) in [5, 5.41) is 17.7. The summed E-state index contributed by atoms with van der Waals surface area (Å²) >= 11 is 6.74. The zero-order chi connectivity index (χ0) is 38.4. The highest BCUT2D eigenvalue weighted by Gasteiger charge is 2.69. The van der Waals surface area contributed by atoms with Crippen LogP contribution >= 0.6 is 11.6 Å². The Bertz CT molecular complexity index is 1890. The maximum atomic E-state index is 14.7. The molecule has 0 radical (unpaired) electrons. The van der Waals surface area contributed by atoms with E-state index in [0.29, 0.717) is 40.3 Å². The minimum absolute atomic E-state index is 0.0141. The van der Waals surface area contributed by atoms with Crippen molar-refractivity contribution in [1.82, 2.24) is 10.5 Å². The van der Waals surface area contributed by atoms with Crippen LogP contribution in [0.3, 0.4) is 0 Å². The Balaban J connectivity index is 1.16. The molecule has 4 saturated carbocycles. The molecule has 0 aliphatic heterocycles. The van der Waals surface area contributed by atoms with Gasteiger partial charge in [-0.15, -0.1) is 0 Å². The summed E-state index contributed by atoms with van der Waals surface area (Å²) in [6.07, 6.45) is 13.4. The number of rotatable bonds is 6. The molecule has 53 heavy (non-hydrogen) atoms. The summed E-state index contributed by atoms with van der Waals surface area (Å²) in [5.74, 6) is 1.78. The highest BCUT2D eigenvalue weighted by molar-refractivity contribution is 6.34. The minimum atomic E-state index is -0.454. The van der Waals surface area contributed by atoms with Gasteiger partial charge in [0.2, 0.25) is 5.91 Å². The van der Waals surface area contributed by atoms with E-state index in [1.807, 2.05) is 19.1 Å². The normalized spacial score (nSPS) is 36.7. The summed E-state index contributed by atoms with van der Waals surface area (Å²) in [5.41, 5.74) is 4.16. The number of fused-ring (bicyclic) bond motifs is 7. The standard InChI is InChI=1S/C45H60ClN3O4/c1-10-30-28(25-47)11-12-31(38(30)46)34-23-29(53-49-34)26-48-39(51)45-21-19-40(3,4)24-33(45)32-13-14-36-42(7)17-16-37(52-27(2)50)41(5,6)35(42)15-18-44(36,9)43(32,8)20-22-45/h11-13,23,33,35-37H,10,14-22,24,26H2,1-9H3,(H,48,51)/t33-,35?,36?,37-,42-,43+,44+,45-/m0/s1. The van der Waals surface area contributed by atoms with E-state index in [1.54, 1.807) is 18.6 Å². The minimum Gasteiger partial charge on any atom is -0.462 e. The van der Waals surface area contributed by atoms with Crippen molar-refractivity contribution in [2.75, 3.05) is 0 Å². The topological polar surface area (TPSA) is 105 Å². The van der Waals surface area contributed by atoms with Crippen LogP contribution in [0.25, 0.3) is 11.3 Å². The molecule has 7 nitrogen and oxygen atoms in total. The molecule has 2 aromatic rings. The second-order valence-corrected chi connectivity index (χ2v) is 20.0. The van der Waals surface area contributed by atoms with Crippen LogP contribution in [-0.4, -0.2) is 23.1 Å². The maximum absolute atomic E-state index is 14.7. The second kappa shape index (κ2) is 13.0. The van der Waals surface area contributed by atoms with Crippen molar-refractivity contribution in [1.29, 1.82) is 5.26 Å². The molecule has 1 aromatic carbocycles. The molecule has 1 aromatic heterocycles. The van der Waals surface area contributed by atoms with Crippen molar-refractivity contribution in [3.05, 3.63) is 51.8 Å². The first-order valence-corrected chi connectivity index (χ1v) is 20.6. The van der Waals surface area contributed by atoms with Crippen LogP contribution in [0.2, 0.25) is 5.02 Å². The molecule has 1 heterocycles. The van der Waals surface area contributed by atoms with Crippen molar-refractivity contribution < 1.29 is 18.8 Å². The molecule has 2 unspecified atom stereocenters. The van der Waals surface area contributed by atoms with Gasteiger partial charge in [-0.2, -0.15) is 5.26 Å². The molecule has 1 amide bonds. The van der Waals surface area contributed by atoms with Crippen molar-refractivity contribution in [2.24, 2.45) is 50.2 Å². The van der Waals surface area contributed by atoms with Crippen LogP contribution in [0.5, 0.6) is 0 Å². The summed E-state index contributed by atoms with van der Waals surface area (Å²) in [6, 6.07) is 7.68. The van der Waals surface area contributed by atoms with Crippen molar-refractivity contribution in [2.45, 2.75) is 146 Å². The molecular formula is C45H60ClN3O4. The number of halogens is 1. The highest BCUT2D eigenvalue weighted by atomic mass is 35.5. The lowest BCUT2D eigenvalue weighted by Gasteiger charge is -2.71. The van der Waals surface area contributed by atoms with Gasteiger partial charge in [-0.05, 0) is 128 Å². The number of ether oxygens (including phenoxy) is 1. The van der Waals surface area contributed by atoms with E-state index >= 15 is 0 Å². The third-order valence-electron chi connectivity index (χ3n) is 16.3. The third-order valence-corrected chi connectivity index (χ3v) is 16.7. The van der Waals surface area contributed by atoms with E-state index in [0.717, 1.165) is 75.3 Å². The third kappa shape index (κ3) is 5.74. The first-order chi connectivity index (χ1) is 24.9. The van der Waals surface area contributed by atoms with Crippen LogP contribution in [0, 0.1) is 61.6 Å². The Labute approximate surface area is 322 Å². The van der Waals surface area contributed by atoms with Gasteiger partial charge in [0.15, 0.2) is 5.76 Å². The lowest BCUT2D eigenvalue weighted by Crippen LogP contribution is -2.65. The molecule has 0 spiro atoms. The van der Waals surface area contributed by atoms with Crippen LogP contribution < -0.4 is 5.32 Å². The first-order valence-electron chi connectivity index (χ1n) is 20.2. The average Bonchev–Trinajstić information content (AvgIpc) is 3.57. The number of nitrogens with zero attached hydrogens (tertiary/aromatic N) is 2. The SMILES string of the molecule is CCc1c(C#N)ccc(-c2cc(CNC(=O)[C@]34CCC(C)(C)C[C@H]3C3=CCC5[C@@]6(C)CC[C@H](OC(C)=O)C(C)(C)C6CC[C@@]5(C)[C@]3(C)CC4)on2)c1Cl. The molecule has 5 aliphatic carbocycles. The number of nitriles is 1. The molecule has 7 rings (SSSR count). The Hall–Kier alpha value is -3.11. The van der Waals surface area contributed by atoms with Crippen LogP contribution in [0.1, 0.15) is 143 Å². The maximum Gasteiger partial charge on any atom is 0.302 e. The Morgan fingerprint density at radius 2 is 1.75 bits per heavy atom. The lowest BCUT2D eigenvalue weighted by molar-refractivity contribution is -0.212. The molecule has 286 valence electrons. The molecule has 8 atom stereocenters. The van der Waals surface area contributed by atoms with Crippen molar-refractivity contribution in [3.63, 3.8) is 0 Å². The lowest BCUT2D eigenvalue weighted by atomic mass is 9.33. The van der Waals surface area contributed by atoms with Gasteiger partial charge in [-0.1, -0.05) is 83.8 Å². The second-order valence-electron chi connectivity index (χ2n) is 19.6. The average molecular weight is 742 g/mol. The van der Waals surface area contributed by atoms with Gasteiger partial charge >= 0.3 is 5.97 Å². The van der Waals surface area contributed by atoms with E-state index in [2.05, 4.69) is 71.1 Å². The van der Waals surface area contributed by atoms with Gasteiger partial charge in [0.05, 0.1) is 28.6 Å². The molecule has 0 bridgehead atoms. The summed E-state index contributed by atoms with van der Waals surface area (Å²) in [7, 11) is 0. The predicted octanol–water partition coefficient (Wildman–Crippen LogP) is 10.8. The van der Waals surface area contributed by atoms with Crippen LogP contribution in [-0.2, 0) is 27.3 Å². The zero-order valence-electron chi connectivity index (χ0n) is 33.5. The van der Waals surface area contributed by atoms with Gasteiger partial charge in [0, 0.05) is 24.0 Å². The van der Waals surface area contributed by atoms with Gasteiger partial charge in [0.1, 0.15) is 11.8 Å². The number of allylic oxidation sites excluding steroid dienone is 2. The fraction of sp³-hybridized carbons (Fsp3) is 0.689. The Morgan fingerprint density at radius 3 is 2.45 bits per heavy atom. The van der Waals surface area contributed by atoms with Crippen LogP contribution in [0.4, 0.5) is 0 Å². The van der Waals surface area contributed by atoms with E-state index in [1.165, 1.54) is 0 Å². The smallest absolute Gasteiger partial charge is 0.302 e. The van der Waals surface area contributed by atoms with Gasteiger partial charge in [-0.25, -0.2) is 0 Å². The van der Waals surface area contributed by atoms with E-state index < -0.39 is 5.41 Å². The number of aromatic nitrogens is 1. The number of esters is 1. The van der Waals surface area contributed by atoms with E-state index in [4.69, 9.17) is 20.9 Å². The van der Waals surface area contributed by atoms with Crippen LogP contribution in [0.15, 0.2) is 34.4 Å². The molecule has 1 N–H and O–H groups in total. The molecular weight excluding hydrogens is 682 g/mol. The largest absolute Gasteiger partial charge is 0.462 e. The monoisotopic (exact) mass is 741 g/mol. The van der Waals surface area contributed by atoms with E-state index in [-0.39, 0.29) is 57.5 Å². The summed E-state index contributed by atoms with van der Waals surface area (Å²) in [6.45, 7) is 21.0. The number of benzene rings is 1. The number of hydrogen-bond donors (Lipinski definition) is 1. The Morgan fingerprint density at radius 1 is 1.02 bits per heavy atom. The summed E-state index contributed by atoms with van der Waals surface area (Å²) < 4.78 is 11.7. The first kappa shape index (κ1) is 38.2. The number of hydrogen-bond acceptors (Lipinski definition) is 6. The molecule has 4 fully saturated rings. The Kier molecular flexibility index (Phi) is 9.36. The van der Waals surface area contributed by atoms with Gasteiger partial charge < -0.3 is 14.6 Å². The number of carbonyl (C=O) groups excluding carboxylic acids is 2. The van der Waals surface area contributed by atoms with Crippen molar-refractivity contribution >= 4 is 23.5 Å². The predicted molar refractivity (Wildman–Crippen MR) is 207 cm³/mol. The molecule has 8 heteroatoms. The van der Waals surface area contributed by atoms with Gasteiger partial charge in [-0.3, -0.25) is 9.59 Å². The number of amides is 1. The number of nitrogens with one attached hydrogen (secondary N) is 1. The van der Waals surface area contributed by atoms with Crippen molar-refractivity contribution in [3.8, 4) is 17.3 Å². The quantitative estimate of drug-likeness (QED) is 0.233. The highest BCUT2D eigenvalue weighted by Crippen LogP contribution is 2.76. The van der Waals surface area contributed by atoms with E-state index in [9.17, 15) is 14.9 Å². The zero-order valence-corrected chi connectivity index (χ0v) is 34.3. The van der Waals surface area contributed by atoms with Gasteiger partial charge in [0.25, 0.3) is 0 Å². The molecule has 0 saturated heterocycles. The number of carbonyl (C=O) groups is 2. The fourth-order valence-corrected chi connectivity index (χ4v) is 13.6. The summed E-state index contributed by atoms with van der Waals surface area (Å²) in [4.78, 5) is 26.8. The fourth-order valence-electron chi connectivity index (χ4n) is 13.2. The molecule has 5 aliphatic rings.